The maximum Gasteiger partial charge on any atom is 0.187 e. The molecule has 166 valence electrons. The second-order valence-electron chi connectivity index (χ2n) is 8.16. The number of benzene rings is 3. The van der Waals surface area contributed by atoms with Crippen molar-refractivity contribution in [2.24, 2.45) is 0 Å². The van der Waals surface area contributed by atoms with Crippen molar-refractivity contribution < 1.29 is 23.7 Å². The minimum absolute atomic E-state index is 0.180. The molecule has 5 atom stereocenters. The van der Waals surface area contributed by atoms with Gasteiger partial charge in [-0.2, -0.15) is 0 Å². The molecule has 0 spiro atoms. The molecule has 0 unspecified atom stereocenters. The van der Waals surface area contributed by atoms with Gasteiger partial charge in [-0.25, -0.2) is 0 Å². The van der Waals surface area contributed by atoms with E-state index in [-0.39, 0.29) is 18.3 Å². The highest BCUT2D eigenvalue weighted by Gasteiger charge is 2.52. The minimum atomic E-state index is -0.457. The van der Waals surface area contributed by atoms with Gasteiger partial charge in [0.25, 0.3) is 0 Å². The van der Waals surface area contributed by atoms with Gasteiger partial charge in [-0.1, -0.05) is 91.0 Å². The van der Waals surface area contributed by atoms with Crippen LogP contribution in [0.1, 0.15) is 16.7 Å². The lowest BCUT2D eigenvalue weighted by Gasteiger charge is -2.40. The number of fused-ring (bicyclic) bond motifs is 2. The third-order valence-electron chi connectivity index (χ3n) is 5.87. The van der Waals surface area contributed by atoms with Gasteiger partial charge in [0.15, 0.2) is 6.29 Å². The van der Waals surface area contributed by atoms with Gasteiger partial charge in [0, 0.05) is 0 Å². The summed E-state index contributed by atoms with van der Waals surface area (Å²) in [4.78, 5) is 0. The number of ether oxygens (including phenoxy) is 5. The summed E-state index contributed by atoms with van der Waals surface area (Å²) >= 11 is 0. The lowest BCUT2D eigenvalue weighted by molar-refractivity contribution is -0.268. The third-order valence-corrected chi connectivity index (χ3v) is 5.87. The largest absolute Gasteiger partial charge is 0.368 e. The van der Waals surface area contributed by atoms with Crippen LogP contribution in [0.2, 0.25) is 0 Å². The Hall–Kier alpha value is -2.54. The van der Waals surface area contributed by atoms with E-state index in [9.17, 15) is 0 Å². The van der Waals surface area contributed by atoms with Crippen LogP contribution in [0, 0.1) is 0 Å². The molecule has 5 nitrogen and oxygen atoms in total. The number of hydrogen-bond donors (Lipinski definition) is 0. The summed E-state index contributed by atoms with van der Waals surface area (Å²) in [5, 5.41) is 0. The predicted octanol–water partition coefficient (Wildman–Crippen LogP) is 4.50. The molecule has 0 amide bonds. The predicted molar refractivity (Wildman–Crippen MR) is 120 cm³/mol. The Morgan fingerprint density at radius 1 is 0.562 bits per heavy atom. The monoisotopic (exact) mass is 432 g/mol. The average molecular weight is 433 g/mol. The summed E-state index contributed by atoms with van der Waals surface area (Å²) in [6.45, 7) is 1.88. The van der Waals surface area contributed by atoms with E-state index in [1.165, 1.54) is 0 Å². The van der Waals surface area contributed by atoms with Crippen molar-refractivity contribution in [3.63, 3.8) is 0 Å². The van der Waals surface area contributed by atoms with Crippen LogP contribution in [-0.4, -0.2) is 37.3 Å². The molecule has 0 saturated carbocycles. The smallest absolute Gasteiger partial charge is 0.187 e. The molecule has 2 bridgehead atoms. The van der Waals surface area contributed by atoms with Gasteiger partial charge in [-0.3, -0.25) is 0 Å². The van der Waals surface area contributed by atoms with Gasteiger partial charge in [0.05, 0.1) is 26.4 Å². The molecule has 2 aliphatic rings. The van der Waals surface area contributed by atoms with Crippen molar-refractivity contribution in [1.82, 2.24) is 0 Å². The van der Waals surface area contributed by atoms with Crippen molar-refractivity contribution in [1.29, 1.82) is 0 Å². The first kappa shape index (κ1) is 21.3. The zero-order valence-electron chi connectivity index (χ0n) is 17.9. The Labute approximate surface area is 188 Å². The molecular formula is C27H28O5. The number of rotatable bonds is 9. The highest BCUT2D eigenvalue weighted by molar-refractivity contribution is 5.15. The van der Waals surface area contributed by atoms with Crippen LogP contribution in [0.4, 0.5) is 0 Å². The molecular weight excluding hydrogens is 404 g/mol. The van der Waals surface area contributed by atoms with E-state index in [1.807, 2.05) is 66.7 Å². The van der Waals surface area contributed by atoms with E-state index in [4.69, 9.17) is 23.7 Å². The molecule has 3 aromatic carbocycles. The van der Waals surface area contributed by atoms with Gasteiger partial charge in [0.2, 0.25) is 0 Å². The van der Waals surface area contributed by atoms with Crippen LogP contribution >= 0.6 is 0 Å². The molecule has 0 radical (unpaired) electrons. The molecule has 0 aliphatic carbocycles. The number of hydrogen-bond acceptors (Lipinski definition) is 5. The van der Waals surface area contributed by atoms with Gasteiger partial charge < -0.3 is 23.7 Å². The maximum atomic E-state index is 6.44. The molecule has 2 saturated heterocycles. The lowest BCUT2D eigenvalue weighted by atomic mass is 10.00. The van der Waals surface area contributed by atoms with E-state index >= 15 is 0 Å². The van der Waals surface area contributed by atoms with Gasteiger partial charge in [0.1, 0.15) is 24.4 Å². The van der Waals surface area contributed by atoms with Crippen LogP contribution in [0.25, 0.3) is 0 Å². The molecule has 0 aromatic heterocycles. The third kappa shape index (κ3) is 5.09. The SMILES string of the molecule is c1ccc(CO[C@H]2[C@@H](OCc3ccccc3)[C@H]3CO[C@@H](O3)[C@@H]2OCc2ccccc2)cc1. The van der Waals surface area contributed by atoms with Gasteiger partial charge >= 0.3 is 0 Å². The first-order valence-corrected chi connectivity index (χ1v) is 11.1. The minimum Gasteiger partial charge on any atom is -0.368 e. The Balaban J connectivity index is 1.33. The zero-order valence-corrected chi connectivity index (χ0v) is 17.9. The first-order chi connectivity index (χ1) is 15.9. The fraction of sp³-hybridized carbons (Fsp3) is 0.333. The second kappa shape index (κ2) is 10.4. The Bertz CT molecular complexity index is 892. The summed E-state index contributed by atoms with van der Waals surface area (Å²) in [7, 11) is 0. The Kier molecular flexibility index (Phi) is 6.92. The van der Waals surface area contributed by atoms with Crippen LogP contribution in [0.3, 0.4) is 0 Å². The van der Waals surface area contributed by atoms with Crippen molar-refractivity contribution in [2.75, 3.05) is 6.61 Å². The zero-order chi connectivity index (χ0) is 21.6. The molecule has 5 heteroatoms. The quantitative estimate of drug-likeness (QED) is 0.498. The van der Waals surface area contributed by atoms with Gasteiger partial charge in [-0.05, 0) is 16.7 Å². The molecule has 2 fully saturated rings. The lowest BCUT2D eigenvalue weighted by Crippen LogP contribution is -2.56. The van der Waals surface area contributed by atoms with Crippen LogP contribution in [-0.2, 0) is 43.5 Å². The van der Waals surface area contributed by atoms with Crippen molar-refractivity contribution in [3.05, 3.63) is 108 Å². The van der Waals surface area contributed by atoms with E-state index < -0.39 is 12.4 Å². The van der Waals surface area contributed by atoms with E-state index in [0.717, 1.165) is 16.7 Å². The molecule has 32 heavy (non-hydrogen) atoms. The fourth-order valence-electron chi connectivity index (χ4n) is 4.20. The van der Waals surface area contributed by atoms with E-state index in [1.54, 1.807) is 0 Å². The average Bonchev–Trinajstić information content (AvgIpc) is 3.29. The summed E-state index contributed by atoms with van der Waals surface area (Å²) in [6, 6.07) is 30.4. The first-order valence-electron chi connectivity index (χ1n) is 11.1. The molecule has 3 aromatic rings. The molecule has 2 heterocycles. The van der Waals surface area contributed by atoms with Crippen LogP contribution in [0.15, 0.2) is 91.0 Å². The fourth-order valence-corrected chi connectivity index (χ4v) is 4.20. The van der Waals surface area contributed by atoms with Crippen LogP contribution in [0.5, 0.6) is 0 Å². The summed E-state index contributed by atoms with van der Waals surface area (Å²) in [5.74, 6) is 0. The van der Waals surface area contributed by atoms with Gasteiger partial charge in [-0.15, -0.1) is 0 Å². The van der Waals surface area contributed by atoms with Crippen molar-refractivity contribution in [2.45, 2.75) is 50.5 Å². The second-order valence-corrected chi connectivity index (χ2v) is 8.16. The standard InChI is InChI=1S/C27H28O5/c1-4-10-20(11-5-1)16-28-24-23-19-31-27(32-23)26(30-18-22-14-8-3-9-15-22)25(24)29-17-21-12-6-2-7-13-21/h1-15,23-27H,16-19H2/t23-,24+,25+,26-,27+/m1/s1. The van der Waals surface area contributed by atoms with E-state index in [2.05, 4.69) is 24.3 Å². The normalized spacial score (nSPS) is 26.8. The molecule has 2 aliphatic heterocycles. The summed E-state index contributed by atoms with van der Waals surface area (Å²) in [6.07, 6.45) is -1.63. The Morgan fingerprint density at radius 3 is 1.50 bits per heavy atom. The molecule has 5 rings (SSSR count). The van der Waals surface area contributed by atoms with Crippen LogP contribution < -0.4 is 0 Å². The summed E-state index contributed by atoms with van der Waals surface area (Å²) in [5.41, 5.74) is 3.31. The highest BCUT2D eigenvalue weighted by Crippen LogP contribution is 2.35. The maximum absolute atomic E-state index is 6.44. The molecule has 0 N–H and O–H groups in total. The Morgan fingerprint density at radius 2 is 1.00 bits per heavy atom. The topological polar surface area (TPSA) is 46.2 Å². The highest BCUT2D eigenvalue weighted by atomic mass is 16.8. The van der Waals surface area contributed by atoms with Crippen molar-refractivity contribution in [3.8, 4) is 0 Å². The van der Waals surface area contributed by atoms with Crippen molar-refractivity contribution >= 4 is 0 Å². The van der Waals surface area contributed by atoms with E-state index in [0.29, 0.717) is 26.4 Å². The summed E-state index contributed by atoms with van der Waals surface area (Å²) < 4.78 is 31.2.